The summed E-state index contributed by atoms with van der Waals surface area (Å²) in [7, 11) is 0. The Bertz CT molecular complexity index is 1020. The molecule has 0 aromatic heterocycles. The molecule has 0 spiro atoms. The van der Waals surface area contributed by atoms with Crippen LogP contribution in [0, 0.1) is 10.1 Å². The van der Waals surface area contributed by atoms with Gasteiger partial charge in [0.15, 0.2) is 0 Å². The summed E-state index contributed by atoms with van der Waals surface area (Å²) < 4.78 is 0. The molecule has 3 aromatic carbocycles. The lowest BCUT2D eigenvalue weighted by atomic mass is 10.1. The summed E-state index contributed by atoms with van der Waals surface area (Å²) in [5.74, 6) is 0. The third-order valence-electron chi connectivity index (χ3n) is 3.65. The molecule has 4 nitrogen and oxygen atoms in total. The number of non-ortho nitro benzene ring substituents is 1. The van der Waals surface area contributed by atoms with E-state index >= 15 is 0 Å². The average Bonchev–Trinajstić information content (AvgIpc) is 2.67. The van der Waals surface area contributed by atoms with Gasteiger partial charge in [0.1, 0.15) is 0 Å². The summed E-state index contributed by atoms with van der Waals surface area (Å²) in [6.07, 6.45) is 1.85. The summed E-state index contributed by atoms with van der Waals surface area (Å²) in [5, 5.41) is 13.9. The molecule has 0 heterocycles. The number of nitrogens with zero attached hydrogens (tertiary/aromatic N) is 2. The summed E-state index contributed by atoms with van der Waals surface area (Å²) >= 11 is 13.5. The third-order valence-corrected chi connectivity index (χ3v) is 4.86. The SMILES string of the molecule is O=[N+]([O-])c1ccc(C(C=CSc2cc(Cl)cc(Cl)c2)=Nc2ccccc2)cc1. The van der Waals surface area contributed by atoms with Crippen LogP contribution in [0.1, 0.15) is 5.56 Å². The fraction of sp³-hybridized carbons (Fsp3) is 0. The van der Waals surface area contributed by atoms with Crippen LogP contribution in [-0.2, 0) is 0 Å². The number of hydrogen-bond donors (Lipinski definition) is 0. The summed E-state index contributed by atoms with van der Waals surface area (Å²) in [6, 6.07) is 21.1. The van der Waals surface area contributed by atoms with E-state index in [-0.39, 0.29) is 5.69 Å². The Labute approximate surface area is 176 Å². The van der Waals surface area contributed by atoms with Crippen molar-refractivity contribution in [1.29, 1.82) is 0 Å². The van der Waals surface area contributed by atoms with Crippen molar-refractivity contribution in [3.05, 3.63) is 110 Å². The quantitative estimate of drug-likeness (QED) is 0.178. The van der Waals surface area contributed by atoms with Gasteiger partial charge in [0.25, 0.3) is 5.69 Å². The van der Waals surface area contributed by atoms with E-state index < -0.39 is 4.92 Å². The number of nitro benzene ring substituents is 1. The van der Waals surface area contributed by atoms with Crippen molar-refractivity contribution in [1.82, 2.24) is 0 Å². The molecule has 0 saturated carbocycles. The molecule has 0 aliphatic rings. The van der Waals surface area contributed by atoms with Gasteiger partial charge in [0, 0.05) is 32.6 Å². The third kappa shape index (κ3) is 5.70. The first-order chi connectivity index (χ1) is 13.5. The molecule has 28 heavy (non-hydrogen) atoms. The first-order valence-corrected chi connectivity index (χ1v) is 9.83. The van der Waals surface area contributed by atoms with E-state index in [1.54, 1.807) is 18.2 Å². The van der Waals surface area contributed by atoms with Crippen LogP contribution in [-0.4, -0.2) is 10.6 Å². The smallest absolute Gasteiger partial charge is 0.258 e. The van der Waals surface area contributed by atoms with Crippen molar-refractivity contribution < 1.29 is 4.92 Å². The van der Waals surface area contributed by atoms with Gasteiger partial charge in [-0.3, -0.25) is 10.1 Å². The summed E-state index contributed by atoms with van der Waals surface area (Å²) in [6.45, 7) is 0. The topological polar surface area (TPSA) is 55.5 Å². The van der Waals surface area contributed by atoms with Gasteiger partial charge in [-0.2, -0.15) is 0 Å². The van der Waals surface area contributed by atoms with Gasteiger partial charge in [0.05, 0.1) is 16.3 Å². The van der Waals surface area contributed by atoms with E-state index in [1.807, 2.05) is 53.9 Å². The van der Waals surface area contributed by atoms with E-state index in [0.717, 1.165) is 16.1 Å². The second-order valence-electron chi connectivity index (χ2n) is 5.66. The predicted molar refractivity (Wildman–Crippen MR) is 117 cm³/mol. The minimum absolute atomic E-state index is 0.0368. The normalized spacial score (nSPS) is 11.7. The van der Waals surface area contributed by atoms with Crippen LogP contribution in [0.3, 0.4) is 0 Å². The Hall–Kier alpha value is -2.60. The maximum Gasteiger partial charge on any atom is 0.269 e. The number of para-hydroxylation sites is 1. The minimum atomic E-state index is -0.424. The lowest BCUT2D eigenvalue weighted by Crippen LogP contribution is -1.97. The van der Waals surface area contributed by atoms with Gasteiger partial charge in [-0.15, -0.1) is 0 Å². The van der Waals surface area contributed by atoms with E-state index in [0.29, 0.717) is 15.8 Å². The van der Waals surface area contributed by atoms with E-state index in [2.05, 4.69) is 4.99 Å². The number of benzene rings is 3. The van der Waals surface area contributed by atoms with Crippen LogP contribution in [0.15, 0.2) is 94.2 Å². The molecule has 7 heteroatoms. The number of thioether (sulfide) groups is 1. The van der Waals surface area contributed by atoms with Crippen LogP contribution in [0.5, 0.6) is 0 Å². The number of nitro groups is 1. The zero-order valence-electron chi connectivity index (χ0n) is 14.5. The highest BCUT2D eigenvalue weighted by molar-refractivity contribution is 8.02. The standard InChI is InChI=1S/C21H14Cl2N2O2S/c22-16-12-17(23)14-20(13-16)28-11-10-21(24-18-4-2-1-3-5-18)15-6-8-19(9-7-15)25(26)27/h1-14H. The van der Waals surface area contributed by atoms with Crippen LogP contribution in [0.4, 0.5) is 11.4 Å². The van der Waals surface area contributed by atoms with Crippen molar-refractivity contribution in [2.45, 2.75) is 4.90 Å². The maximum absolute atomic E-state index is 10.9. The van der Waals surface area contributed by atoms with E-state index in [4.69, 9.17) is 23.2 Å². The average molecular weight is 429 g/mol. The number of allylic oxidation sites excluding steroid dienone is 1. The molecule has 3 rings (SSSR count). The second-order valence-corrected chi connectivity index (χ2v) is 7.51. The monoisotopic (exact) mass is 428 g/mol. The van der Waals surface area contributed by atoms with Gasteiger partial charge >= 0.3 is 0 Å². The molecular weight excluding hydrogens is 415 g/mol. The van der Waals surface area contributed by atoms with Crippen LogP contribution >= 0.6 is 35.0 Å². The van der Waals surface area contributed by atoms with Crippen LogP contribution in [0.2, 0.25) is 10.0 Å². The number of hydrogen-bond acceptors (Lipinski definition) is 4. The fourth-order valence-electron chi connectivity index (χ4n) is 2.37. The molecule has 0 amide bonds. The molecule has 140 valence electrons. The molecule has 0 aliphatic heterocycles. The summed E-state index contributed by atoms with van der Waals surface area (Å²) in [4.78, 5) is 16.0. The van der Waals surface area contributed by atoms with E-state index in [1.165, 1.54) is 23.9 Å². The fourth-order valence-corrected chi connectivity index (χ4v) is 3.77. The molecule has 0 fully saturated rings. The zero-order valence-corrected chi connectivity index (χ0v) is 16.8. The zero-order chi connectivity index (χ0) is 19.9. The van der Waals surface area contributed by atoms with Crippen molar-refractivity contribution in [2.24, 2.45) is 4.99 Å². The first-order valence-electron chi connectivity index (χ1n) is 8.19. The Morgan fingerprint density at radius 1 is 0.964 bits per heavy atom. The maximum atomic E-state index is 10.9. The molecule has 0 atom stereocenters. The second kappa shape index (κ2) is 9.55. The van der Waals surface area contributed by atoms with Gasteiger partial charge < -0.3 is 0 Å². The van der Waals surface area contributed by atoms with Crippen molar-refractivity contribution in [3.8, 4) is 0 Å². The highest BCUT2D eigenvalue weighted by Crippen LogP contribution is 2.27. The predicted octanol–water partition coefficient (Wildman–Crippen LogP) is 7.33. The molecule has 0 unspecified atom stereocenters. The molecule has 3 aromatic rings. The molecule has 0 radical (unpaired) electrons. The van der Waals surface area contributed by atoms with Crippen molar-refractivity contribution >= 4 is 52.1 Å². The van der Waals surface area contributed by atoms with Gasteiger partial charge in [-0.25, -0.2) is 4.99 Å². The molecule has 0 aliphatic carbocycles. The number of halogens is 2. The molecule has 0 N–H and O–H groups in total. The van der Waals surface area contributed by atoms with Crippen molar-refractivity contribution in [3.63, 3.8) is 0 Å². The molecular formula is C21H14Cl2N2O2S. The largest absolute Gasteiger partial charge is 0.269 e. The van der Waals surface area contributed by atoms with Gasteiger partial charge in [-0.1, -0.05) is 53.2 Å². The molecule has 0 bridgehead atoms. The van der Waals surface area contributed by atoms with Gasteiger partial charge in [0.2, 0.25) is 0 Å². The van der Waals surface area contributed by atoms with Crippen LogP contribution < -0.4 is 0 Å². The number of aliphatic imine (C=N–C) groups is 1. The molecule has 0 saturated heterocycles. The van der Waals surface area contributed by atoms with Crippen LogP contribution in [0.25, 0.3) is 0 Å². The Morgan fingerprint density at radius 3 is 2.21 bits per heavy atom. The highest BCUT2D eigenvalue weighted by atomic mass is 35.5. The Kier molecular flexibility index (Phi) is 6.87. The van der Waals surface area contributed by atoms with Gasteiger partial charge in [-0.05, 0) is 53.9 Å². The van der Waals surface area contributed by atoms with E-state index in [9.17, 15) is 10.1 Å². The lowest BCUT2D eigenvalue weighted by Gasteiger charge is -2.04. The first kappa shape index (κ1) is 20.1. The number of rotatable bonds is 6. The minimum Gasteiger partial charge on any atom is -0.258 e. The lowest BCUT2D eigenvalue weighted by molar-refractivity contribution is -0.384. The highest BCUT2D eigenvalue weighted by Gasteiger charge is 2.07. The summed E-state index contributed by atoms with van der Waals surface area (Å²) in [5.41, 5.74) is 2.28. The Morgan fingerprint density at radius 2 is 1.61 bits per heavy atom. The Balaban J connectivity index is 1.89. The van der Waals surface area contributed by atoms with Crippen molar-refractivity contribution in [2.75, 3.05) is 0 Å².